The second-order valence-corrected chi connectivity index (χ2v) is 9.06. The molecule has 3 aromatic rings. The molecule has 1 N–H and O–H groups in total. The third-order valence-electron chi connectivity index (χ3n) is 5.58. The number of carbonyl (C=O) groups is 3. The van der Waals surface area contributed by atoms with Gasteiger partial charge in [-0.05, 0) is 61.0 Å². The maximum Gasteiger partial charge on any atom is 0.335 e. The Morgan fingerprint density at radius 3 is 2.43 bits per heavy atom. The molecule has 1 aliphatic rings. The summed E-state index contributed by atoms with van der Waals surface area (Å²) >= 11 is 12.4. The summed E-state index contributed by atoms with van der Waals surface area (Å²) in [6.45, 7) is 2.80. The molecule has 3 aromatic carbocycles. The smallest absolute Gasteiger partial charge is 0.335 e. The normalized spacial score (nSPS) is 14.6. The van der Waals surface area contributed by atoms with Crippen LogP contribution >= 0.6 is 23.2 Å². The summed E-state index contributed by atoms with van der Waals surface area (Å²) in [5.41, 5.74) is 1.22. The average Bonchev–Trinajstić information content (AvgIpc) is 2.88. The number of carbonyl (C=O) groups excluding carboxylic acids is 3. The van der Waals surface area contributed by atoms with Gasteiger partial charge in [-0.15, -0.1) is 0 Å². The molecule has 190 valence electrons. The van der Waals surface area contributed by atoms with E-state index in [9.17, 15) is 14.4 Å². The molecule has 0 aliphatic carbocycles. The van der Waals surface area contributed by atoms with Gasteiger partial charge in [-0.3, -0.25) is 14.9 Å². The minimum Gasteiger partial charge on any atom is -0.494 e. The van der Waals surface area contributed by atoms with E-state index in [2.05, 4.69) is 12.2 Å². The summed E-state index contributed by atoms with van der Waals surface area (Å²) in [5, 5.41) is 3.15. The molecule has 1 saturated heterocycles. The monoisotopic (exact) mass is 538 g/mol. The highest BCUT2D eigenvalue weighted by atomic mass is 35.5. The van der Waals surface area contributed by atoms with E-state index >= 15 is 0 Å². The number of nitrogens with zero attached hydrogens (tertiary/aromatic N) is 1. The summed E-state index contributed by atoms with van der Waals surface area (Å²) in [7, 11) is 0. The van der Waals surface area contributed by atoms with Gasteiger partial charge < -0.3 is 9.47 Å². The molecule has 0 unspecified atom stereocenters. The molecule has 1 heterocycles. The summed E-state index contributed by atoms with van der Waals surface area (Å²) in [6.07, 6.45) is 3.27. The van der Waals surface area contributed by atoms with Gasteiger partial charge in [-0.25, -0.2) is 9.69 Å². The van der Waals surface area contributed by atoms with E-state index in [0.29, 0.717) is 39.4 Å². The molecule has 1 aliphatic heterocycles. The first-order valence-corrected chi connectivity index (χ1v) is 12.4. The molecular formula is C28H24Cl2N2O5. The maximum absolute atomic E-state index is 13.3. The first-order chi connectivity index (χ1) is 17.9. The first kappa shape index (κ1) is 26.3. The van der Waals surface area contributed by atoms with Crippen molar-refractivity contribution in [3.05, 3.63) is 93.5 Å². The van der Waals surface area contributed by atoms with Gasteiger partial charge in [0, 0.05) is 21.2 Å². The topological polar surface area (TPSA) is 84.9 Å². The number of anilines is 1. The quantitative estimate of drug-likeness (QED) is 0.193. The van der Waals surface area contributed by atoms with Gasteiger partial charge in [0.2, 0.25) is 0 Å². The van der Waals surface area contributed by atoms with Crippen LogP contribution in [0.25, 0.3) is 6.08 Å². The highest BCUT2D eigenvalue weighted by Crippen LogP contribution is 2.29. The fourth-order valence-corrected chi connectivity index (χ4v) is 3.98. The second-order valence-electron chi connectivity index (χ2n) is 8.22. The van der Waals surface area contributed by atoms with Crippen molar-refractivity contribution in [1.29, 1.82) is 0 Å². The maximum atomic E-state index is 13.3. The van der Waals surface area contributed by atoms with Crippen LogP contribution in [0.4, 0.5) is 10.5 Å². The molecular weight excluding hydrogens is 515 g/mol. The minimum absolute atomic E-state index is 0.162. The van der Waals surface area contributed by atoms with Crippen LogP contribution in [0.15, 0.2) is 72.3 Å². The van der Waals surface area contributed by atoms with Gasteiger partial charge in [0.1, 0.15) is 23.7 Å². The van der Waals surface area contributed by atoms with Crippen molar-refractivity contribution in [1.82, 2.24) is 5.32 Å². The van der Waals surface area contributed by atoms with Crippen LogP contribution in [0.1, 0.15) is 30.9 Å². The molecule has 0 bridgehead atoms. The minimum atomic E-state index is -0.840. The van der Waals surface area contributed by atoms with Crippen LogP contribution in [-0.4, -0.2) is 24.5 Å². The lowest BCUT2D eigenvalue weighted by molar-refractivity contribution is -0.122. The van der Waals surface area contributed by atoms with Crippen molar-refractivity contribution in [2.24, 2.45) is 0 Å². The number of halogens is 2. The highest BCUT2D eigenvalue weighted by molar-refractivity contribution is 6.39. The molecule has 4 amide bonds. The molecule has 0 radical (unpaired) electrons. The Labute approximate surface area is 224 Å². The zero-order valence-electron chi connectivity index (χ0n) is 20.0. The highest BCUT2D eigenvalue weighted by Gasteiger charge is 2.37. The van der Waals surface area contributed by atoms with Crippen molar-refractivity contribution in [3.63, 3.8) is 0 Å². The van der Waals surface area contributed by atoms with Gasteiger partial charge in [0.25, 0.3) is 11.8 Å². The molecule has 0 atom stereocenters. The number of urea groups is 1. The Morgan fingerprint density at radius 1 is 0.946 bits per heavy atom. The number of hydrogen-bond acceptors (Lipinski definition) is 5. The average molecular weight is 539 g/mol. The van der Waals surface area contributed by atoms with E-state index in [0.717, 1.165) is 23.3 Å². The van der Waals surface area contributed by atoms with Gasteiger partial charge in [0.05, 0.1) is 12.3 Å². The van der Waals surface area contributed by atoms with Crippen LogP contribution in [0, 0.1) is 0 Å². The molecule has 4 rings (SSSR count). The molecule has 1 fully saturated rings. The number of nitrogens with one attached hydrogen (secondary N) is 1. The van der Waals surface area contributed by atoms with E-state index < -0.39 is 17.8 Å². The largest absolute Gasteiger partial charge is 0.494 e. The standard InChI is InChI=1S/C28H24Cl2N2O5/c1-2-3-14-36-22-11-9-21(10-12-22)32-27(34)23(26(33)31-28(32)35)16-19-15-20(29)8-13-25(19)37-17-18-6-4-5-7-24(18)30/h4-13,15-16H,2-3,14,17H2,1H3,(H,31,33,35)/b23-16-. The summed E-state index contributed by atoms with van der Waals surface area (Å²) in [5.74, 6) is -0.587. The predicted octanol–water partition coefficient (Wildman–Crippen LogP) is 6.42. The summed E-state index contributed by atoms with van der Waals surface area (Å²) in [4.78, 5) is 39.5. The van der Waals surface area contributed by atoms with Gasteiger partial charge in [-0.1, -0.05) is 54.7 Å². The number of unbranched alkanes of at least 4 members (excludes halogenated alkanes) is 1. The molecule has 0 aromatic heterocycles. The lowest BCUT2D eigenvalue weighted by atomic mass is 10.1. The van der Waals surface area contributed by atoms with E-state index in [1.807, 2.05) is 18.2 Å². The Morgan fingerprint density at radius 2 is 1.70 bits per heavy atom. The van der Waals surface area contributed by atoms with E-state index in [4.69, 9.17) is 32.7 Å². The Kier molecular flexibility index (Phi) is 8.48. The molecule has 0 spiro atoms. The Hall–Kier alpha value is -3.81. The van der Waals surface area contributed by atoms with Crippen molar-refractivity contribution in [2.75, 3.05) is 11.5 Å². The Balaban J connectivity index is 1.60. The summed E-state index contributed by atoms with van der Waals surface area (Å²) < 4.78 is 11.6. The molecule has 37 heavy (non-hydrogen) atoms. The van der Waals surface area contributed by atoms with Gasteiger partial charge in [-0.2, -0.15) is 0 Å². The van der Waals surface area contributed by atoms with E-state index in [1.54, 1.807) is 48.5 Å². The predicted molar refractivity (Wildman–Crippen MR) is 143 cm³/mol. The molecule has 9 heteroatoms. The van der Waals surface area contributed by atoms with Crippen LogP contribution in [0.3, 0.4) is 0 Å². The third kappa shape index (κ3) is 6.31. The van der Waals surface area contributed by atoms with Gasteiger partial charge in [0.15, 0.2) is 0 Å². The zero-order chi connectivity index (χ0) is 26.4. The lowest BCUT2D eigenvalue weighted by Crippen LogP contribution is -2.54. The van der Waals surface area contributed by atoms with Crippen LogP contribution in [-0.2, 0) is 16.2 Å². The molecule has 7 nitrogen and oxygen atoms in total. The van der Waals surface area contributed by atoms with Crippen molar-refractivity contribution < 1.29 is 23.9 Å². The second kappa shape index (κ2) is 12.0. The summed E-state index contributed by atoms with van der Waals surface area (Å²) in [6, 6.07) is 17.8. The number of amides is 4. The molecule has 0 saturated carbocycles. The van der Waals surface area contributed by atoms with E-state index in [-0.39, 0.29) is 12.2 Å². The zero-order valence-corrected chi connectivity index (χ0v) is 21.5. The number of rotatable bonds is 9. The van der Waals surface area contributed by atoms with Crippen molar-refractivity contribution in [2.45, 2.75) is 26.4 Å². The van der Waals surface area contributed by atoms with Crippen LogP contribution in [0.2, 0.25) is 10.0 Å². The van der Waals surface area contributed by atoms with Crippen LogP contribution in [0.5, 0.6) is 11.5 Å². The fraction of sp³-hybridized carbons (Fsp3) is 0.179. The number of ether oxygens (including phenoxy) is 2. The first-order valence-electron chi connectivity index (χ1n) is 11.7. The third-order valence-corrected chi connectivity index (χ3v) is 6.18. The number of barbiturate groups is 1. The van der Waals surface area contributed by atoms with Crippen molar-refractivity contribution >= 4 is 52.8 Å². The SMILES string of the molecule is CCCCOc1ccc(N2C(=O)NC(=O)/C(=C/c3cc(Cl)ccc3OCc3ccccc3Cl)C2=O)cc1. The van der Waals surface area contributed by atoms with E-state index in [1.165, 1.54) is 6.08 Å². The Bertz CT molecular complexity index is 1350. The van der Waals surface area contributed by atoms with Gasteiger partial charge >= 0.3 is 6.03 Å². The number of imide groups is 2. The van der Waals surface area contributed by atoms with Crippen molar-refractivity contribution in [3.8, 4) is 11.5 Å². The number of benzene rings is 3. The number of hydrogen-bond donors (Lipinski definition) is 1. The lowest BCUT2D eigenvalue weighted by Gasteiger charge is -2.26. The fourth-order valence-electron chi connectivity index (χ4n) is 3.61. The van der Waals surface area contributed by atoms with Crippen LogP contribution < -0.4 is 19.7 Å².